The molecule has 0 saturated carbocycles. The van der Waals surface area contributed by atoms with E-state index in [-0.39, 0.29) is 0 Å². The van der Waals surface area contributed by atoms with Crippen LogP contribution in [0.4, 0.5) is 0 Å². The Labute approximate surface area is 96.0 Å². The Bertz CT molecular complexity index is 282. The summed E-state index contributed by atoms with van der Waals surface area (Å²) >= 11 is 0. The predicted molar refractivity (Wildman–Crippen MR) is 59.9 cm³/mol. The van der Waals surface area contributed by atoms with Crippen molar-refractivity contribution in [2.45, 2.75) is 52.2 Å². The third-order valence-electron chi connectivity index (χ3n) is 2.48. The van der Waals surface area contributed by atoms with Gasteiger partial charge in [-0.1, -0.05) is 20.3 Å². The summed E-state index contributed by atoms with van der Waals surface area (Å²) < 4.78 is 5.04. The number of nitrogens with two attached hydrogens (primary N) is 1. The number of hydrogen-bond donors (Lipinski definition) is 2. The third-order valence-corrected chi connectivity index (χ3v) is 2.48. The highest BCUT2D eigenvalue weighted by atomic mass is 16.6. The molecule has 0 aliphatic carbocycles. The van der Waals surface area contributed by atoms with Gasteiger partial charge in [0.1, 0.15) is 5.60 Å². The van der Waals surface area contributed by atoms with Gasteiger partial charge in [0.2, 0.25) is 5.54 Å². The maximum atomic E-state index is 11.8. The minimum Gasteiger partial charge on any atom is -0.479 e. The van der Waals surface area contributed by atoms with Gasteiger partial charge in [0.25, 0.3) is 0 Å². The van der Waals surface area contributed by atoms with Crippen molar-refractivity contribution < 1.29 is 19.4 Å². The van der Waals surface area contributed by atoms with E-state index < -0.39 is 29.0 Å². The van der Waals surface area contributed by atoms with Crippen molar-refractivity contribution in [3.8, 4) is 0 Å². The second-order valence-electron chi connectivity index (χ2n) is 4.99. The van der Waals surface area contributed by atoms with Crippen molar-refractivity contribution in [1.29, 1.82) is 0 Å². The summed E-state index contributed by atoms with van der Waals surface area (Å²) in [5.74, 6) is -2.72. The summed E-state index contributed by atoms with van der Waals surface area (Å²) in [5.41, 5.74) is 2.96. The minimum atomic E-state index is -1.97. The number of carbonyl (C=O) groups excluding carboxylic acids is 1. The van der Waals surface area contributed by atoms with Crippen LogP contribution in [-0.2, 0) is 14.3 Å². The van der Waals surface area contributed by atoms with Gasteiger partial charge in [0.05, 0.1) is 0 Å². The molecule has 0 radical (unpaired) electrons. The number of carboxylic acids is 1. The molecular formula is C11H21NO4. The molecule has 94 valence electrons. The first-order valence-electron chi connectivity index (χ1n) is 5.31. The van der Waals surface area contributed by atoms with E-state index in [9.17, 15) is 9.59 Å². The molecule has 0 heterocycles. The number of hydrogen-bond acceptors (Lipinski definition) is 4. The molecule has 0 saturated heterocycles. The van der Waals surface area contributed by atoms with Gasteiger partial charge in [0.15, 0.2) is 0 Å². The lowest BCUT2D eigenvalue weighted by Gasteiger charge is -2.31. The Morgan fingerprint density at radius 2 is 1.81 bits per heavy atom. The first-order valence-corrected chi connectivity index (χ1v) is 5.31. The molecule has 2 atom stereocenters. The van der Waals surface area contributed by atoms with Crippen LogP contribution in [0.15, 0.2) is 0 Å². The standard InChI is InChI=1S/C11H21NO4/c1-6-7(2)11(12,8(13)14)9(15)16-10(3,4)5/h7H,6,12H2,1-5H3,(H,13,14). The summed E-state index contributed by atoms with van der Waals surface area (Å²) in [6.45, 7) is 8.41. The monoisotopic (exact) mass is 231 g/mol. The van der Waals surface area contributed by atoms with Crippen molar-refractivity contribution in [2.24, 2.45) is 11.7 Å². The van der Waals surface area contributed by atoms with Crippen molar-refractivity contribution >= 4 is 11.9 Å². The van der Waals surface area contributed by atoms with Crippen molar-refractivity contribution in [1.82, 2.24) is 0 Å². The Morgan fingerprint density at radius 3 is 2.06 bits per heavy atom. The van der Waals surface area contributed by atoms with Crippen molar-refractivity contribution in [2.75, 3.05) is 0 Å². The molecule has 0 bridgehead atoms. The van der Waals surface area contributed by atoms with Crippen LogP contribution in [0.25, 0.3) is 0 Å². The van der Waals surface area contributed by atoms with E-state index in [2.05, 4.69) is 0 Å². The topological polar surface area (TPSA) is 89.6 Å². The summed E-state index contributed by atoms with van der Waals surface area (Å²) in [6.07, 6.45) is 0.488. The Morgan fingerprint density at radius 1 is 1.38 bits per heavy atom. The second-order valence-corrected chi connectivity index (χ2v) is 4.99. The Balaban J connectivity index is 5.08. The molecule has 5 heteroatoms. The molecule has 0 spiro atoms. The Kier molecular flexibility index (Phi) is 4.49. The average Bonchev–Trinajstić information content (AvgIpc) is 2.11. The predicted octanol–water partition coefficient (Wildman–Crippen LogP) is 1.16. The highest BCUT2D eigenvalue weighted by Crippen LogP contribution is 2.22. The van der Waals surface area contributed by atoms with Crippen LogP contribution in [0.5, 0.6) is 0 Å². The van der Waals surface area contributed by atoms with Gasteiger partial charge in [-0.3, -0.25) is 0 Å². The van der Waals surface area contributed by atoms with Gasteiger partial charge in [-0.05, 0) is 26.7 Å². The number of carboxylic acid groups (broad SMARTS) is 1. The molecule has 2 unspecified atom stereocenters. The zero-order valence-electron chi connectivity index (χ0n) is 10.5. The zero-order valence-corrected chi connectivity index (χ0v) is 10.5. The molecule has 16 heavy (non-hydrogen) atoms. The molecule has 3 N–H and O–H groups in total. The number of aliphatic carboxylic acids is 1. The van der Waals surface area contributed by atoms with Crippen LogP contribution >= 0.6 is 0 Å². The van der Waals surface area contributed by atoms with E-state index >= 15 is 0 Å². The van der Waals surface area contributed by atoms with E-state index in [0.717, 1.165) is 0 Å². The van der Waals surface area contributed by atoms with Crippen LogP contribution in [-0.4, -0.2) is 28.2 Å². The maximum Gasteiger partial charge on any atom is 0.338 e. The molecular weight excluding hydrogens is 210 g/mol. The lowest BCUT2D eigenvalue weighted by molar-refractivity contribution is -0.171. The zero-order chi connectivity index (χ0) is 13.1. The molecule has 0 aromatic rings. The summed E-state index contributed by atoms with van der Waals surface area (Å²) in [6, 6.07) is 0. The van der Waals surface area contributed by atoms with E-state index in [1.165, 1.54) is 0 Å². The SMILES string of the molecule is CCC(C)C(N)(C(=O)O)C(=O)OC(C)(C)C. The van der Waals surface area contributed by atoms with Gasteiger partial charge < -0.3 is 15.6 Å². The number of carbonyl (C=O) groups is 2. The molecule has 0 amide bonds. The quantitative estimate of drug-likeness (QED) is 0.559. The summed E-state index contributed by atoms with van der Waals surface area (Å²) in [7, 11) is 0. The lowest BCUT2D eigenvalue weighted by atomic mass is 9.84. The van der Waals surface area contributed by atoms with Crippen molar-refractivity contribution in [3.05, 3.63) is 0 Å². The lowest BCUT2D eigenvalue weighted by Crippen LogP contribution is -2.61. The highest BCUT2D eigenvalue weighted by molar-refractivity contribution is 6.04. The van der Waals surface area contributed by atoms with E-state index in [1.54, 1.807) is 34.6 Å². The Hall–Kier alpha value is -1.10. The fourth-order valence-electron chi connectivity index (χ4n) is 1.18. The normalized spacial score (nSPS) is 17.4. The smallest absolute Gasteiger partial charge is 0.338 e. The van der Waals surface area contributed by atoms with Crippen molar-refractivity contribution in [3.63, 3.8) is 0 Å². The van der Waals surface area contributed by atoms with Crippen LogP contribution in [0.1, 0.15) is 41.0 Å². The first-order chi connectivity index (χ1) is 7.05. The molecule has 0 aromatic carbocycles. The van der Waals surface area contributed by atoms with Gasteiger partial charge in [-0.25, -0.2) is 9.59 Å². The minimum absolute atomic E-state index is 0.486. The molecule has 5 nitrogen and oxygen atoms in total. The van der Waals surface area contributed by atoms with E-state index in [0.29, 0.717) is 6.42 Å². The number of esters is 1. The van der Waals surface area contributed by atoms with E-state index in [1.807, 2.05) is 0 Å². The maximum absolute atomic E-state index is 11.8. The highest BCUT2D eigenvalue weighted by Gasteiger charge is 2.49. The largest absolute Gasteiger partial charge is 0.479 e. The van der Waals surface area contributed by atoms with Crippen LogP contribution in [0.2, 0.25) is 0 Å². The average molecular weight is 231 g/mol. The third kappa shape index (κ3) is 3.20. The summed E-state index contributed by atoms with van der Waals surface area (Å²) in [4.78, 5) is 22.9. The van der Waals surface area contributed by atoms with Gasteiger partial charge in [-0.15, -0.1) is 0 Å². The van der Waals surface area contributed by atoms with Crippen LogP contribution in [0, 0.1) is 5.92 Å². The fraction of sp³-hybridized carbons (Fsp3) is 0.818. The molecule has 0 aliphatic heterocycles. The number of rotatable bonds is 4. The van der Waals surface area contributed by atoms with Crippen LogP contribution in [0.3, 0.4) is 0 Å². The van der Waals surface area contributed by atoms with Gasteiger partial charge >= 0.3 is 11.9 Å². The molecule has 0 fully saturated rings. The molecule has 0 aromatic heterocycles. The first kappa shape index (κ1) is 14.9. The van der Waals surface area contributed by atoms with Gasteiger partial charge in [0, 0.05) is 0 Å². The second kappa shape index (κ2) is 4.82. The number of ether oxygens (including phenoxy) is 1. The van der Waals surface area contributed by atoms with Crippen LogP contribution < -0.4 is 5.73 Å². The fourth-order valence-corrected chi connectivity index (χ4v) is 1.18. The van der Waals surface area contributed by atoms with E-state index in [4.69, 9.17) is 15.6 Å². The molecule has 0 aliphatic rings. The van der Waals surface area contributed by atoms with Gasteiger partial charge in [-0.2, -0.15) is 0 Å². The summed E-state index contributed by atoms with van der Waals surface area (Å²) in [5, 5.41) is 9.08. The molecule has 0 rings (SSSR count).